The molecule has 0 atom stereocenters. The third-order valence-electron chi connectivity index (χ3n) is 3.10. The van der Waals surface area contributed by atoms with Crippen LogP contribution in [0, 0.1) is 5.82 Å². The van der Waals surface area contributed by atoms with Gasteiger partial charge in [-0.05, 0) is 24.1 Å². The van der Waals surface area contributed by atoms with Crippen LogP contribution in [0.25, 0.3) is 0 Å². The Morgan fingerprint density at radius 3 is 2.62 bits per heavy atom. The Balaban J connectivity index is 2.31. The molecule has 0 unspecified atom stereocenters. The van der Waals surface area contributed by atoms with Crippen LogP contribution in [0.1, 0.15) is 44.7 Å². The highest BCUT2D eigenvalue weighted by Gasteiger charge is 2.04. The lowest BCUT2D eigenvalue weighted by Crippen LogP contribution is -2.21. The van der Waals surface area contributed by atoms with E-state index in [0.717, 1.165) is 31.6 Å². The van der Waals surface area contributed by atoms with Gasteiger partial charge in [0.15, 0.2) is 0 Å². The van der Waals surface area contributed by atoms with Crippen molar-refractivity contribution in [3.05, 3.63) is 35.1 Å². The molecule has 0 aliphatic carbocycles. The van der Waals surface area contributed by atoms with Gasteiger partial charge in [0, 0.05) is 24.8 Å². The summed E-state index contributed by atoms with van der Waals surface area (Å²) in [4.78, 5) is 0. The number of nitrogens with one attached hydrogen (secondary N) is 1. The minimum absolute atomic E-state index is 0.213. The average molecular weight is 297 g/mol. The molecule has 3 nitrogen and oxygen atoms in total. The van der Waals surface area contributed by atoms with Crippen LogP contribution < -0.4 is 5.32 Å². The molecular formula is C17H28FNO2. The molecule has 0 fully saturated rings. The molecule has 0 amide bonds. The molecule has 1 aromatic carbocycles. The molecule has 120 valence electrons. The first kappa shape index (κ1) is 18.1. The molecule has 1 N–H and O–H groups in total. The molecule has 0 aliphatic heterocycles. The number of hydrogen-bond acceptors (Lipinski definition) is 3. The maximum atomic E-state index is 13.7. The van der Waals surface area contributed by atoms with Gasteiger partial charge in [0.25, 0.3) is 0 Å². The molecule has 0 saturated heterocycles. The summed E-state index contributed by atoms with van der Waals surface area (Å²) in [7, 11) is 0. The predicted octanol–water partition coefficient (Wildman–Crippen LogP) is 3.66. The van der Waals surface area contributed by atoms with E-state index < -0.39 is 0 Å². The number of halogens is 1. The largest absolute Gasteiger partial charge is 0.379 e. The van der Waals surface area contributed by atoms with E-state index in [-0.39, 0.29) is 5.82 Å². The van der Waals surface area contributed by atoms with Crippen LogP contribution in [0.3, 0.4) is 0 Å². The Bertz CT molecular complexity index is 396. The molecular weight excluding hydrogens is 269 g/mol. The second-order valence-corrected chi connectivity index (χ2v) is 5.48. The van der Waals surface area contributed by atoms with Gasteiger partial charge in [-0.1, -0.05) is 33.3 Å². The summed E-state index contributed by atoms with van der Waals surface area (Å²) in [6.45, 7) is 9.17. The second-order valence-electron chi connectivity index (χ2n) is 5.48. The van der Waals surface area contributed by atoms with Gasteiger partial charge in [-0.15, -0.1) is 0 Å². The highest BCUT2D eigenvalue weighted by atomic mass is 19.1. The van der Waals surface area contributed by atoms with Crippen LogP contribution >= 0.6 is 0 Å². The van der Waals surface area contributed by atoms with E-state index in [1.54, 1.807) is 0 Å². The zero-order valence-corrected chi connectivity index (χ0v) is 13.5. The van der Waals surface area contributed by atoms with Crippen LogP contribution in [0.5, 0.6) is 0 Å². The van der Waals surface area contributed by atoms with Crippen LogP contribution in [-0.2, 0) is 22.6 Å². The number of unbranched alkanes of at least 4 members (excludes halogenated alkanes) is 1. The molecule has 1 aromatic rings. The minimum Gasteiger partial charge on any atom is -0.379 e. The van der Waals surface area contributed by atoms with Crippen molar-refractivity contribution in [3.8, 4) is 0 Å². The Morgan fingerprint density at radius 2 is 1.90 bits per heavy atom. The quantitative estimate of drug-likeness (QED) is 0.632. The van der Waals surface area contributed by atoms with Gasteiger partial charge in [-0.2, -0.15) is 0 Å². The van der Waals surface area contributed by atoms with Crippen molar-refractivity contribution >= 4 is 0 Å². The molecule has 0 aromatic heterocycles. The summed E-state index contributed by atoms with van der Waals surface area (Å²) < 4.78 is 24.6. The van der Waals surface area contributed by atoms with E-state index in [4.69, 9.17) is 9.47 Å². The fourth-order valence-electron chi connectivity index (χ4n) is 1.82. The monoisotopic (exact) mass is 297 g/mol. The zero-order valence-electron chi connectivity index (χ0n) is 13.5. The SMILES string of the molecule is CCCCOCCOCc1cc(CNC(C)C)ccc1F. The minimum atomic E-state index is -0.213. The van der Waals surface area contributed by atoms with E-state index >= 15 is 0 Å². The summed E-state index contributed by atoms with van der Waals surface area (Å²) in [6.07, 6.45) is 2.20. The van der Waals surface area contributed by atoms with Crippen LogP contribution in [0.2, 0.25) is 0 Å². The summed E-state index contributed by atoms with van der Waals surface area (Å²) in [5, 5.41) is 3.32. The lowest BCUT2D eigenvalue weighted by molar-refractivity contribution is 0.0387. The van der Waals surface area contributed by atoms with E-state index in [1.807, 2.05) is 12.1 Å². The molecule has 0 bridgehead atoms. The van der Waals surface area contributed by atoms with E-state index in [1.165, 1.54) is 6.07 Å². The van der Waals surface area contributed by atoms with E-state index in [2.05, 4.69) is 26.1 Å². The molecule has 0 aliphatic rings. The maximum Gasteiger partial charge on any atom is 0.128 e. The maximum absolute atomic E-state index is 13.7. The van der Waals surface area contributed by atoms with Gasteiger partial charge in [0.2, 0.25) is 0 Å². The lowest BCUT2D eigenvalue weighted by atomic mass is 10.1. The van der Waals surface area contributed by atoms with Crippen molar-refractivity contribution in [1.29, 1.82) is 0 Å². The normalized spacial score (nSPS) is 11.3. The number of ether oxygens (including phenoxy) is 2. The zero-order chi connectivity index (χ0) is 15.5. The predicted molar refractivity (Wildman–Crippen MR) is 83.8 cm³/mol. The first-order valence-corrected chi connectivity index (χ1v) is 7.79. The fourth-order valence-corrected chi connectivity index (χ4v) is 1.82. The van der Waals surface area contributed by atoms with Crippen molar-refractivity contribution in [2.24, 2.45) is 0 Å². The Morgan fingerprint density at radius 1 is 1.14 bits per heavy atom. The highest BCUT2D eigenvalue weighted by Crippen LogP contribution is 2.12. The fraction of sp³-hybridized carbons (Fsp3) is 0.647. The number of benzene rings is 1. The van der Waals surface area contributed by atoms with E-state index in [9.17, 15) is 4.39 Å². The smallest absolute Gasteiger partial charge is 0.128 e. The lowest BCUT2D eigenvalue weighted by Gasteiger charge is -2.11. The van der Waals surface area contributed by atoms with Gasteiger partial charge >= 0.3 is 0 Å². The first-order valence-electron chi connectivity index (χ1n) is 7.79. The van der Waals surface area contributed by atoms with Gasteiger partial charge in [0.1, 0.15) is 5.82 Å². The van der Waals surface area contributed by atoms with Gasteiger partial charge in [0.05, 0.1) is 19.8 Å². The van der Waals surface area contributed by atoms with Crippen molar-refractivity contribution in [2.45, 2.75) is 52.8 Å². The molecule has 4 heteroatoms. The Labute approximate surface area is 127 Å². The van der Waals surface area contributed by atoms with Crippen molar-refractivity contribution in [1.82, 2.24) is 5.32 Å². The van der Waals surface area contributed by atoms with Gasteiger partial charge in [-0.25, -0.2) is 4.39 Å². The van der Waals surface area contributed by atoms with Gasteiger partial charge in [-0.3, -0.25) is 0 Å². The molecule has 0 heterocycles. The molecule has 0 saturated carbocycles. The first-order chi connectivity index (χ1) is 10.1. The van der Waals surface area contributed by atoms with Crippen molar-refractivity contribution < 1.29 is 13.9 Å². The molecule has 21 heavy (non-hydrogen) atoms. The third-order valence-corrected chi connectivity index (χ3v) is 3.10. The van der Waals surface area contributed by atoms with Crippen LogP contribution in [0.15, 0.2) is 18.2 Å². The van der Waals surface area contributed by atoms with Crippen molar-refractivity contribution in [3.63, 3.8) is 0 Å². The summed E-state index contributed by atoms with van der Waals surface area (Å²) in [5.74, 6) is -0.213. The van der Waals surface area contributed by atoms with Gasteiger partial charge < -0.3 is 14.8 Å². The standard InChI is InChI=1S/C17H28FNO2/c1-4-5-8-20-9-10-21-13-16-11-15(6-7-17(16)18)12-19-14(2)3/h6-7,11,14,19H,4-5,8-10,12-13H2,1-3H3. The van der Waals surface area contributed by atoms with E-state index in [0.29, 0.717) is 31.4 Å². The van der Waals surface area contributed by atoms with Crippen LogP contribution in [0.4, 0.5) is 4.39 Å². The number of hydrogen-bond donors (Lipinski definition) is 1. The topological polar surface area (TPSA) is 30.5 Å². The summed E-state index contributed by atoms with van der Waals surface area (Å²) in [6, 6.07) is 5.59. The van der Waals surface area contributed by atoms with Crippen molar-refractivity contribution in [2.75, 3.05) is 19.8 Å². The summed E-state index contributed by atoms with van der Waals surface area (Å²) in [5.41, 5.74) is 1.68. The van der Waals surface area contributed by atoms with Crippen LogP contribution in [-0.4, -0.2) is 25.9 Å². The average Bonchev–Trinajstić information content (AvgIpc) is 2.46. The summed E-state index contributed by atoms with van der Waals surface area (Å²) >= 11 is 0. The molecule has 1 rings (SSSR count). The Kier molecular flexibility index (Phi) is 9.22. The Hall–Kier alpha value is -0.970. The third kappa shape index (κ3) is 8.15. The second kappa shape index (κ2) is 10.7. The number of rotatable bonds is 11. The molecule has 0 radical (unpaired) electrons. The highest BCUT2D eigenvalue weighted by molar-refractivity contribution is 5.24. The molecule has 0 spiro atoms.